The SMILES string of the molecule is Cc1c(N2CC(C)(C)CC2=O)nc2cc(F)cc(F)c2c1Nc1cc(N2CCOCC2)ncc1-c1ccc(NS(C)(=O)=O)nc1. The average molecular weight is 638 g/mol. The first-order chi connectivity index (χ1) is 21.3. The summed E-state index contributed by atoms with van der Waals surface area (Å²) in [6.45, 7) is 8.47. The lowest BCUT2D eigenvalue weighted by Crippen LogP contribution is -2.36. The second kappa shape index (κ2) is 11.5. The number of carbonyl (C=O) groups excluding carboxylic acids is 1. The first-order valence-electron chi connectivity index (χ1n) is 14.4. The number of ether oxygens (including phenoxy) is 1. The van der Waals surface area contributed by atoms with Crippen LogP contribution in [0.15, 0.2) is 42.7 Å². The van der Waals surface area contributed by atoms with E-state index in [2.05, 4.69) is 29.9 Å². The Balaban J connectivity index is 1.51. The fourth-order valence-electron chi connectivity index (χ4n) is 5.76. The van der Waals surface area contributed by atoms with Gasteiger partial charge in [0.2, 0.25) is 15.9 Å². The topological polar surface area (TPSA) is 130 Å². The number of benzene rings is 1. The van der Waals surface area contributed by atoms with E-state index < -0.39 is 21.7 Å². The van der Waals surface area contributed by atoms with Gasteiger partial charge in [0.05, 0.1) is 41.7 Å². The maximum atomic E-state index is 15.6. The van der Waals surface area contributed by atoms with Crippen LogP contribution in [0, 0.1) is 24.0 Å². The molecule has 1 amide bonds. The van der Waals surface area contributed by atoms with Crippen LogP contribution in [0.2, 0.25) is 0 Å². The number of hydrogen-bond acceptors (Lipinski definition) is 9. The lowest BCUT2D eigenvalue weighted by atomic mass is 9.93. The number of carbonyl (C=O) groups is 1. The molecule has 0 radical (unpaired) electrons. The van der Waals surface area contributed by atoms with E-state index in [4.69, 9.17) is 4.74 Å². The molecule has 0 aliphatic carbocycles. The van der Waals surface area contributed by atoms with E-state index in [0.29, 0.717) is 79.0 Å². The van der Waals surface area contributed by atoms with E-state index in [1.54, 1.807) is 24.1 Å². The largest absolute Gasteiger partial charge is 0.378 e. The summed E-state index contributed by atoms with van der Waals surface area (Å²) in [7, 11) is -3.53. The van der Waals surface area contributed by atoms with Crippen molar-refractivity contribution in [1.82, 2.24) is 15.0 Å². The first-order valence-corrected chi connectivity index (χ1v) is 16.3. The summed E-state index contributed by atoms with van der Waals surface area (Å²) in [6.07, 6.45) is 4.53. The highest BCUT2D eigenvalue weighted by molar-refractivity contribution is 7.92. The summed E-state index contributed by atoms with van der Waals surface area (Å²) in [5.74, 6) is -0.569. The smallest absolute Gasteiger partial charge is 0.230 e. The van der Waals surface area contributed by atoms with Crippen molar-refractivity contribution in [3.05, 3.63) is 59.9 Å². The molecule has 45 heavy (non-hydrogen) atoms. The molecule has 14 heteroatoms. The van der Waals surface area contributed by atoms with Gasteiger partial charge < -0.3 is 15.0 Å². The lowest BCUT2D eigenvalue weighted by molar-refractivity contribution is -0.117. The van der Waals surface area contributed by atoms with Gasteiger partial charge in [-0.15, -0.1) is 0 Å². The van der Waals surface area contributed by atoms with Crippen LogP contribution in [-0.2, 0) is 19.6 Å². The number of morpholine rings is 1. The molecular weight excluding hydrogens is 604 g/mol. The molecule has 3 aromatic heterocycles. The van der Waals surface area contributed by atoms with Gasteiger partial charge in [-0.3, -0.25) is 14.4 Å². The van der Waals surface area contributed by atoms with E-state index in [-0.39, 0.29) is 28.0 Å². The summed E-state index contributed by atoms with van der Waals surface area (Å²) >= 11 is 0. The van der Waals surface area contributed by atoms with Crippen molar-refractivity contribution in [3.63, 3.8) is 0 Å². The van der Waals surface area contributed by atoms with Gasteiger partial charge in [0, 0.05) is 73.3 Å². The minimum Gasteiger partial charge on any atom is -0.378 e. The van der Waals surface area contributed by atoms with Gasteiger partial charge >= 0.3 is 0 Å². The molecular formula is C31H33F2N7O4S. The Bertz CT molecular complexity index is 1910. The van der Waals surface area contributed by atoms with E-state index in [9.17, 15) is 17.6 Å². The van der Waals surface area contributed by atoms with E-state index in [0.717, 1.165) is 18.4 Å². The van der Waals surface area contributed by atoms with Crippen molar-refractivity contribution in [2.75, 3.05) is 58.9 Å². The molecule has 11 nitrogen and oxygen atoms in total. The Morgan fingerprint density at radius 3 is 2.44 bits per heavy atom. The normalized spacial score (nSPS) is 16.8. The van der Waals surface area contributed by atoms with Gasteiger partial charge in [-0.25, -0.2) is 32.2 Å². The highest BCUT2D eigenvalue weighted by Gasteiger charge is 2.38. The van der Waals surface area contributed by atoms with Crippen molar-refractivity contribution < 1.29 is 26.7 Å². The summed E-state index contributed by atoms with van der Waals surface area (Å²) < 4.78 is 61.3. The van der Waals surface area contributed by atoms with Crippen LogP contribution < -0.4 is 19.8 Å². The molecule has 2 fully saturated rings. The number of hydrogen-bond donors (Lipinski definition) is 2. The third-order valence-electron chi connectivity index (χ3n) is 7.84. The zero-order valence-corrected chi connectivity index (χ0v) is 26.1. The third kappa shape index (κ3) is 6.38. The van der Waals surface area contributed by atoms with Crippen LogP contribution in [0.3, 0.4) is 0 Å². The number of pyridine rings is 3. The number of fused-ring (bicyclic) bond motifs is 1. The Labute approximate surface area is 259 Å². The molecule has 2 aliphatic rings. The van der Waals surface area contributed by atoms with Crippen LogP contribution in [-0.4, -0.2) is 68.4 Å². The molecule has 0 atom stereocenters. The Morgan fingerprint density at radius 1 is 1.04 bits per heavy atom. The molecule has 2 aliphatic heterocycles. The predicted molar refractivity (Wildman–Crippen MR) is 169 cm³/mol. The fraction of sp³-hybridized carbons (Fsp3) is 0.355. The molecule has 6 rings (SSSR count). The van der Waals surface area contributed by atoms with Gasteiger partial charge in [-0.05, 0) is 24.5 Å². The highest BCUT2D eigenvalue weighted by atomic mass is 32.2. The average Bonchev–Trinajstić information content (AvgIpc) is 3.25. The summed E-state index contributed by atoms with van der Waals surface area (Å²) in [5.41, 5.74) is 2.35. The zero-order chi connectivity index (χ0) is 32.1. The second-order valence-corrected chi connectivity index (χ2v) is 13.9. The molecule has 0 spiro atoms. The highest BCUT2D eigenvalue weighted by Crippen LogP contribution is 2.42. The molecule has 2 saturated heterocycles. The van der Waals surface area contributed by atoms with Crippen molar-refractivity contribution in [3.8, 4) is 11.1 Å². The Kier molecular flexibility index (Phi) is 7.81. The van der Waals surface area contributed by atoms with E-state index in [1.165, 1.54) is 12.3 Å². The van der Waals surface area contributed by atoms with Crippen molar-refractivity contribution >= 4 is 55.7 Å². The van der Waals surface area contributed by atoms with E-state index in [1.807, 2.05) is 19.9 Å². The molecule has 1 aromatic carbocycles. The minimum atomic E-state index is -3.53. The predicted octanol–water partition coefficient (Wildman–Crippen LogP) is 4.99. The number of nitrogens with zero attached hydrogens (tertiary/aromatic N) is 5. The number of aromatic nitrogens is 3. The van der Waals surface area contributed by atoms with Crippen LogP contribution in [0.5, 0.6) is 0 Å². The number of halogens is 2. The monoisotopic (exact) mass is 637 g/mol. The standard InChI is InChI=1S/C31H33F2N7O4S/c1-18-29(28-22(33)11-20(32)12-24(28)37-30(18)40-17-31(2,3)14-27(40)41)36-23-13-26(39-7-9-44-10-8-39)35-16-21(23)19-5-6-25(34-15-19)38-45(4,42)43/h5-6,11-13,15-16H,7-10,14,17H2,1-4H3,(H,34,38)(H,35,36,37). The zero-order valence-electron chi connectivity index (χ0n) is 25.3. The Hall–Kier alpha value is -4.43. The van der Waals surface area contributed by atoms with Gasteiger partial charge in [-0.1, -0.05) is 13.8 Å². The third-order valence-corrected chi connectivity index (χ3v) is 8.42. The van der Waals surface area contributed by atoms with Crippen LogP contribution in [0.4, 0.5) is 37.6 Å². The maximum Gasteiger partial charge on any atom is 0.230 e. The van der Waals surface area contributed by atoms with Crippen LogP contribution in [0.25, 0.3) is 22.0 Å². The lowest BCUT2D eigenvalue weighted by Gasteiger charge is -2.29. The quantitative estimate of drug-likeness (QED) is 0.288. The van der Waals surface area contributed by atoms with Gasteiger partial charge in [0.15, 0.2) is 0 Å². The molecule has 5 heterocycles. The number of sulfonamides is 1. The molecule has 0 unspecified atom stereocenters. The number of nitrogens with one attached hydrogen (secondary N) is 2. The minimum absolute atomic E-state index is 0.0648. The summed E-state index contributed by atoms with van der Waals surface area (Å²) in [4.78, 5) is 30.3. The maximum absolute atomic E-state index is 15.6. The van der Waals surface area contributed by atoms with Crippen molar-refractivity contribution in [2.45, 2.75) is 27.2 Å². The van der Waals surface area contributed by atoms with Gasteiger partial charge in [0.1, 0.15) is 29.1 Å². The van der Waals surface area contributed by atoms with Gasteiger partial charge in [0.25, 0.3) is 0 Å². The fourth-order valence-corrected chi connectivity index (χ4v) is 6.26. The second-order valence-electron chi connectivity index (χ2n) is 12.2. The molecule has 236 valence electrons. The van der Waals surface area contributed by atoms with Crippen LogP contribution >= 0.6 is 0 Å². The molecule has 4 aromatic rings. The Morgan fingerprint density at radius 2 is 1.80 bits per heavy atom. The van der Waals surface area contributed by atoms with E-state index >= 15 is 4.39 Å². The number of amides is 1. The van der Waals surface area contributed by atoms with Crippen molar-refractivity contribution in [1.29, 1.82) is 0 Å². The first kappa shape index (κ1) is 30.6. The number of anilines is 5. The summed E-state index contributed by atoms with van der Waals surface area (Å²) in [6, 6.07) is 7.02. The molecule has 2 N–H and O–H groups in total. The molecule has 0 saturated carbocycles. The summed E-state index contributed by atoms with van der Waals surface area (Å²) in [5, 5.41) is 3.47. The molecule has 0 bridgehead atoms. The van der Waals surface area contributed by atoms with Crippen molar-refractivity contribution in [2.24, 2.45) is 5.41 Å². The number of rotatable bonds is 7. The van der Waals surface area contributed by atoms with Crippen LogP contribution in [0.1, 0.15) is 25.8 Å². The van der Waals surface area contributed by atoms with Gasteiger partial charge in [-0.2, -0.15) is 0 Å².